The van der Waals surface area contributed by atoms with Crippen molar-refractivity contribution in [2.24, 2.45) is 0 Å². The van der Waals surface area contributed by atoms with Crippen LogP contribution in [0.4, 0.5) is 0 Å². The molecule has 0 aliphatic rings. The largest absolute Gasteiger partial charge is 0.489 e. The average molecular weight is 310 g/mol. The molecule has 0 aliphatic heterocycles. The number of hydrogen-bond donors (Lipinski definition) is 1. The zero-order chi connectivity index (χ0) is 16.3. The molecule has 2 aromatic carbocycles. The normalized spacial score (nSPS) is 10.3. The Morgan fingerprint density at radius 3 is 2.83 bits per heavy atom. The Labute approximate surface area is 137 Å². The Kier molecular flexibility index (Phi) is 7.12. The van der Waals surface area contributed by atoms with Crippen molar-refractivity contribution in [2.45, 2.75) is 20.1 Å². The molecule has 0 saturated carbocycles. The summed E-state index contributed by atoms with van der Waals surface area (Å²) in [5.74, 6) is 0.807. The Balaban J connectivity index is 1.86. The Morgan fingerprint density at radius 1 is 1.13 bits per heavy atom. The van der Waals surface area contributed by atoms with Crippen LogP contribution >= 0.6 is 0 Å². The van der Waals surface area contributed by atoms with Crippen molar-refractivity contribution in [3.8, 4) is 11.8 Å². The summed E-state index contributed by atoms with van der Waals surface area (Å²) in [5, 5.41) is 12.4. The summed E-state index contributed by atoms with van der Waals surface area (Å²) in [7, 11) is 0. The van der Waals surface area contributed by atoms with Crippen LogP contribution in [0.15, 0.2) is 48.5 Å². The molecule has 0 fully saturated rings. The van der Waals surface area contributed by atoms with E-state index in [1.54, 1.807) is 6.07 Å². The third-order valence-corrected chi connectivity index (χ3v) is 3.39. The Hall–Kier alpha value is -2.35. The van der Waals surface area contributed by atoms with E-state index in [-0.39, 0.29) is 0 Å². The number of nitriles is 1. The molecule has 0 bridgehead atoms. The summed E-state index contributed by atoms with van der Waals surface area (Å²) in [6.07, 6.45) is 0. The van der Waals surface area contributed by atoms with Gasteiger partial charge < -0.3 is 14.8 Å². The van der Waals surface area contributed by atoms with Crippen molar-refractivity contribution in [1.29, 1.82) is 5.26 Å². The van der Waals surface area contributed by atoms with E-state index in [0.29, 0.717) is 12.2 Å². The standard InChI is InChI=1S/C19H22N2O2/c1-2-22-11-10-21-14-16-6-5-9-19(12-16)23-15-18-8-4-3-7-17(18)13-20/h3-9,12,21H,2,10-11,14-15H2,1H3. The van der Waals surface area contributed by atoms with Crippen LogP contribution in [0, 0.1) is 11.3 Å². The minimum Gasteiger partial charge on any atom is -0.489 e. The van der Waals surface area contributed by atoms with Crippen molar-refractivity contribution < 1.29 is 9.47 Å². The predicted octanol–water partition coefficient (Wildman–Crippen LogP) is 3.26. The molecule has 0 unspecified atom stereocenters. The molecular weight excluding hydrogens is 288 g/mol. The molecule has 120 valence electrons. The molecule has 0 radical (unpaired) electrons. The van der Waals surface area contributed by atoms with Crippen LogP contribution in [0.25, 0.3) is 0 Å². The summed E-state index contributed by atoms with van der Waals surface area (Å²) in [5.41, 5.74) is 2.71. The number of benzene rings is 2. The highest BCUT2D eigenvalue weighted by molar-refractivity contribution is 5.37. The van der Waals surface area contributed by atoms with Gasteiger partial charge in [0, 0.05) is 25.3 Å². The van der Waals surface area contributed by atoms with Crippen molar-refractivity contribution >= 4 is 0 Å². The van der Waals surface area contributed by atoms with Gasteiger partial charge in [0.25, 0.3) is 0 Å². The van der Waals surface area contributed by atoms with Gasteiger partial charge in [0.05, 0.1) is 18.2 Å². The minimum atomic E-state index is 0.394. The molecule has 0 saturated heterocycles. The van der Waals surface area contributed by atoms with Crippen molar-refractivity contribution in [3.63, 3.8) is 0 Å². The molecule has 4 nitrogen and oxygen atoms in total. The number of hydrogen-bond acceptors (Lipinski definition) is 4. The van der Waals surface area contributed by atoms with Crippen LogP contribution in [0.5, 0.6) is 5.75 Å². The quantitative estimate of drug-likeness (QED) is 0.722. The van der Waals surface area contributed by atoms with E-state index in [4.69, 9.17) is 14.7 Å². The SMILES string of the molecule is CCOCCNCc1cccc(OCc2ccccc2C#N)c1. The first kappa shape index (κ1) is 17.0. The van der Waals surface area contributed by atoms with Crippen molar-refractivity contribution in [3.05, 3.63) is 65.2 Å². The maximum absolute atomic E-state index is 9.09. The Morgan fingerprint density at radius 2 is 2.00 bits per heavy atom. The molecular formula is C19H22N2O2. The number of ether oxygens (including phenoxy) is 2. The lowest BCUT2D eigenvalue weighted by Gasteiger charge is -2.10. The molecule has 2 rings (SSSR count). The van der Waals surface area contributed by atoms with Gasteiger partial charge in [0.1, 0.15) is 12.4 Å². The maximum Gasteiger partial charge on any atom is 0.120 e. The predicted molar refractivity (Wildman–Crippen MR) is 90.1 cm³/mol. The van der Waals surface area contributed by atoms with E-state index in [1.165, 1.54) is 0 Å². The summed E-state index contributed by atoms with van der Waals surface area (Å²) in [4.78, 5) is 0. The second kappa shape index (κ2) is 9.62. The Bertz CT molecular complexity index is 650. The zero-order valence-corrected chi connectivity index (χ0v) is 13.4. The van der Waals surface area contributed by atoms with Crippen LogP contribution in [-0.4, -0.2) is 19.8 Å². The van der Waals surface area contributed by atoms with Gasteiger partial charge >= 0.3 is 0 Å². The van der Waals surface area contributed by atoms with Gasteiger partial charge in [-0.1, -0.05) is 30.3 Å². The van der Waals surface area contributed by atoms with E-state index in [0.717, 1.165) is 43.2 Å². The fourth-order valence-corrected chi connectivity index (χ4v) is 2.18. The molecule has 23 heavy (non-hydrogen) atoms. The summed E-state index contributed by atoms with van der Waals surface area (Å²) >= 11 is 0. The van der Waals surface area contributed by atoms with Gasteiger partial charge in [-0.25, -0.2) is 0 Å². The van der Waals surface area contributed by atoms with Gasteiger partial charge in [-0.3, -0.25) is 0 Å². The van der Waals surface area contributed by atoms with Crippen LogP contribution in [0.1, 0.15) is 23.6 Å². The third kappa shape index (κ3) is 5.74. The van der Waals surface area contributed by atoms with E-state index < -0.39 is 0 Å². The molecule has 2 aromatic rings. The molecule has 0 heterocycles. The smallest absolute Gasteiger partial charge is 0.120 e. The first-order valence-electron chi connectivity index (χ1n) is 7.81. The lowest BCUT2D eigenvalue weighted by Crippen LogP contribution is -2.19. The number of nitrogens with zero attached hydrogens (tertiary/aromatic N) is 1. The lowest BCUT2D eigenvalue weighted by atomic mass is 10.1. The molecule has 0 aromatic heterocycles. The first-order chi connectivity index (χ1) is 11.3. The zero-order valence-electron chi connectivity index (χ0n) is 13.4. The summed E-state index contributed by atoms with van der Waals surface area (Å²) < 4.78 is 11.1. The molecule has 0 atom stereocenters. The lowest BCUT2D eigenvalue weighted by molar-refractivity contribution is 0.149. The highest BCUT2D eigenvalue weighted by Gasteiger charge is 2.02. The summed E-state index contributed by atoms with van der Waals surface area (Å²) in [6.45, 7) is 5.45. The second-order valence-corrected chi connectivity index (χ2v) is 5.08. The number of nitrogens with one attached hydrogen (secondary N) is 1. The van der Waals surface area contributed by atoms with Crippen LogP contribution in [0.2, 0.25) is 0 Å². The second-order valence-electron chi connectivity index (χ2n) is 5.08. The fourth-order valence-electron chi connectivity index (χ4n) is 2.18. The molecule has 0 aliphatic carbocycles. The minimum absolute atomic E-state index is 0.394. The monoisotopic (exact) mass is 310 g/mol. The van der Waals surface area contributed by atoms with Gasteiger partial charge in [-0.05, 0) is 30.7 Å². The van der Waals surface area contributed by atoms with Gasteiger partial charge in [0.15, 0.2) is 0 Å². The van der Waals surface area contributed by atoms with Gasteiger partial charge in [0.2, 0.25) is 0 Å². The van der Waals surface area contributed by atoms with Crippen LogP contribution in [0.3, 0.4) is 0 Å². The molecule has 1 N–H and O–H groups in total. The van der Waals surface area contributed by atoms with Crippen molar-refractivity contribution in [2.75, 3.05) is 19.8 Å². The van der Waals surface area contributed by atoms with Gasteiger partial charge in [-0.15, -0.1) is 0 Å². The van der Waals surface area contributed by atoms with Gasteiger partial charge in [-0.2, -0.15) is 5.26 Å². The number of rotatable bonds is 9. The fraction of sp³-hybridized carbons (Fsp3) is 0.316. The third-order valence-electron chi connectivity index (χ3n) is 3.39. The van der Waals surface area contributed by atoms with E-state index in [2.05, 4.69) is 17.5 Å². The van der Waals surface area contributed by atoms with E-state index >= 15 is 0 Å². The molecule has 0 amide bonds. The average Bonchev–Trinajstić information content (AvgIpc) is 2.60. The van der Waals surface area contributed by atoms with E-state index in [9.17, 15) is 0 Å². The topological polar surface area (TPSA) is 54.3 Å². The van der Waals surface area contributed by atoms with E-state index in [1.807, 2.05) is 43.3 Å². The highest BCUT2D eigenvalue weighted by Crippen LogP contribution is 2.16. The van der Waals surface area contributed by atoms with Crippen LogP contribution < -0.4 is 10.1 Å². The summed E-state index contributed by atoms with van der Waals surface area (Å²) in [6, 6.07) is 17.7. The molecule has 0 spiro atoms. The highest BCUT2D eigenvalue weighted by atomic mass is 16.5. The molecule has 4 heteroatoms. The first-order valence-corrected chi connectivity index (χ1v) is 7.81. The maximum atomic E-state index is 9.09. The van der Waals surface area contributed by atoms with Crippen LogP contribution in [-0.2, 0) is 17.9 Å². The van der Waals surface area contributed by atoms with Crippen molar-refractivity contribution in [1.82, 2.24) is 5.32 Å².